The molecule has 0 saturated carbocycles. The number of hydrogen-bond acceptors (Lipinski definition) is 1. The van der Waals surface area contributed by atoms with E-state index in [4.69, 9.17) is 4.74 Å². The maximum atomic E-state index is 5.47. The Labute approximate surface area is 87.1 Å². The standard InChI is InChI=1S/C13H20O/c1-4-9-14-10-12-5-7-13(8-6-12)11(2)3/h5-8,11H,4,9-10H2,1-3H3. The topological polar surface area (TPSA) is 9.23 Å². The van der Waals surface area contributed by atoms with Crippen molar-refractivity contribution in [2.75, 3.05) is 6.61 Å². The fourth-order valence-corrected chi connectivity index (χ4v) is 1.33. The van der Waals surface area contributed by atoms with Gasteiger partial charge in [0.1, 0.15) is 0 Å². The Kier molecular flexibility index (Phi) is 4.68. The molecule has 0 bridgehead atoms. The van der Waals surface area contributed by atoms with Crippen LogP contribution in [0.1, 0.15) is 44.2 Å². The van der Waals surface area contributed by atoms with E-state index in [-0.39, 0.29) is 0 Å². The molecular weight excluding hydrogens is 172 g/mol. The van der Waals surface area contributed by atoms with Gasteiger partial charge >= 0.3 is 0 Å². The first-order valence-electron chi connectivity index (χ1n) is 5.40. The molecule has 78 valence electrons. The highest BCUT2D eigenvalue weighted by molar-refractivity contribution is 5.24. The highest BCUT2D eigenvalue weighted by Crippen LogP contribution is 2.14. The Morgan fingerprint density at radius 1 is 1.14 bits per heavy atom. The molecule has 0 N–H and O–H groups in total. The van der Waals surface area contributed by atoms with Crippen LogP contribution < -0.4 is 0 Å². The van der Waals surface area contributed by atoms with E-state index < -0.39 is 0 Å². The minimum Gasteiger partial charge on any atom is -0.377 e. The Bertz CT molecular complexity index is 248. The fraction of sp³-hybridized carbons (Fsp3) is 0.538. The first kappa shape index (κ1) is 11.3. The molecule has 0 heterocycles. The zero-order valence-electron chi connectivity index (χ0n) is 9.42. The lowest BCUT2D eigenvalue weighted by atomic mass is 10.0. The second-order valence-electron chi connectivity index (χ2n) is 3.95. The molecule has 0 radical (unpaired) electrons. The van der Waals surface area contributed by atoms with Crippen LogP contribution in [0.2, 0.25) is 0 Å². The Hall–Kier alpha value is -0.820. The first-order valence-corrected chi connectivity index (χ1v) is 5.40. The van der Waals surface area contributed by atoms with Crippen LogP contribution in [-0.4, -0.2) is 6.61 Å². The molecule has 1 aromatic rings. The molecule has 1 nitrogen and oxygen atoms in total. The van der Waals surface area contributed by atoms with Gasteiger partial charge in [-0.3, -0.25) is 0 Å². The molecule has 0 aliphatic carbocycles. The molecule has 0 fully saturated rings. The summed E-state index contributed by atoms with van der Waals surface area (Å²) in [5.41, 5.74) is 2.66. The van der Waals surface area contributed by atoms with Crippen molar-refractivity contribution in [1.82, 2.24) is 0 Å². The third kappa shape index (κ3) is 3.51. The van der Waals surface area contributed by atoms with E-state index in [0.29, 0.717) is 5.92 Å². The SMILES string of the molecule is CCCOCc1ccc(C(C)C)cc1. The third-order valence-electron chi connectivity index (χ3n) is 2.26. The Morgan fingerprint density at radius 2 is 1.79 bits per heavy atom. The van der Waals surface area contributed by atoms with Crippen molar-refractivity contribution >= 4 is 0 Å². The van der Waals surface area contributed by atoms with Crippen molar-refractivity contribution in [3.05, 3.63) is 35.4 Å². The van der Waals surface area contributed by atoms with Crippen molar-refractivity contribution in [3.8, 4) is 0 Å². The van der Waals surface area contributed by atoms with Gasteiger partial charge in [0.15, 0.2) is 0 Å². The summed E-state index contributed by atoms with van der Waals surface area (Å²) < 4.78 is 5.47. The van der Waals surface area contributed by atoms with E-state index in [0.717, 1.165) is 19.6 Å². The van der Waals surface area contributed by atoms with Gasteiger partial charge < -0.3 is 4.74 Å². The number of hydrogen-bond donors (Lipinski definition) is 0. The van der Waals surface area contributed by atoms with Crippen LogP contribution >= 0.6 is 0 Å². The van der Waals surface area contributed by atoms with E-state index in [1.807, 2.05) is 0 Å². The van der Waals surface area contributed by atoms with Gasteiger partial charge in [-0.25, -0.2) is 0 Å². The minimum atomic E-state index is 0.612. The minimum absolute atomic E-state index is 0.612. The van der Waals surface area contributed by atoms with E-state index in [1.54, 1.807) is 0 Å². The molecule has 1 heteroatoms. The van der Waals surface area contributed by atoms with Crippen molar-refractivity contribution in [2.45, 2.75) is 39.7 Å². The predicted octanol–water partition coefficient (Wildman–Crippen LogP) is 3.74. The van der Waals surface area contributed by atoms with Crippen molar-refractivity contribution in [3.63, 3.8) is 0 Å². The quantitative estimate of drug-likeness (QED) is 0.646. The van der Waals surface area contributed by atoms with Crippen molar-refractivity contribution < 1.29 is 4.74 Å². The summed E-state index contributed by atoms with van der Waals surface area (Å²) in [7, 11) is 0. The van der Waals surface area contributed by atoms with Gasteiger partial charge in [-0.05, 0) is 23.5 Å². The van der Waals surface area contributed by atoms with Gasteiger partial charge in [-0.15, -0.1) is 0 Å². The van der Waals surface area contributed by atoms with Crippen LogP contribution in [0.4, 0.5) is 0 Å². The van der Waals surface area contributed by atoms with Crippen LogP contribution in [0.25, 0.3) is 0 Å². The van der Waals surface area contributed by atoms with E-state index in [9.17, 15) is 0 Å². The Balaban J connectivity index is 2.47. The zero-order valence-corrected chi connectivity index (χ0v) is 9.42. The molecule has 0 saturated heterocycles. The molecule has 0 aliphatic rings. The second kappa shape index (κ2) is 5.82. The van der Waals surface area contributed by atoms with Crippen molar-refractivity contribution in [2.24, 2.45) is 0 Å². The summed E-state index contributed by atoms with van der Waals surface area (Å²) in [6.45, 7) is 8.14. The lowest BCUT2D eigenvalue weighted by molar-refractivity contribution is 0.121. The smallest absolute Gasteiger partial charge is 0.0716 e. The van der Waals surface area contributed by atoms with Crippen LogP contribution in [0, 0.1) is 0 Å². The normalized spacial score (nSPS) is 10.9. The van der Waals surface area contributed by atoms with Gasteiger partial charge in [0.2, 0.25) is 0 Å². The summed E-state index contributed by atoms with van der Waals surface area (Å²) in [5.74, 6) is 0.612. The highest BCUT2D eigenvalue weighted by Gasteiger charge is 1.98. The molecule has 1 rings (SSSR count). The molecule has 14 heavy (non-hydrogen) atoms. The molecule has 1 aromatic carbocycles. The van der Waals surface area contributed by atoms with Gasteiger partial charge in [0.25, 0.3) is 0 Å². The first-order chi connectivity index (χ1) is 6.74. The van der Waals surface area contributed by atoms with Gasteiger partial charge in [-0.1, -0.05) is 45.0 Å². The van der Waals surface area contributed by atoms with Gasteiger partial charge in [0, 0.05) is 6.61 Å². The maximum absolute atomic E-state index is 5.47. The summed E-state index contributed by atoms with van der Waals surface area (Å²) in [5, 5.41) is 0. The van der Waals surface area contributed by atoms with Crippen LogP contribution in [0.15, 0.2) is 24.3 Å². The van der Waals surface area contributed by atoms with Gasteiger partial charge in [0.05, 0.1) is 6.61 Å². The summed E-state index contributed by atoms with van der Waals surface area (Å²) in [4.78, 5) is 0. The molecular formula is C13H20O. The van der Waals surface area contributed by atoms with Crippen LogP contribution in [0.5, 0.6) is 0 Å². The molecule has 0 amide bonds. The second-order valence-corrected chi connectivity index (χ2v) is 3.95. The summed E-state index contributed by atoms with van der Waals surface area (Å²) >= 11 is 0. The third-order valence-corrected chi connectivity index (χ3v) is 2.26. The number of benzene rings is 1. The molecule has 0 unspecified atom stereocenters. The van der Waals surface area contributed by atoms with Gasteiger partial charge in [-0.2, -0.15) is 0 Å². The predicted molar refractivity (Wildman–Crippen MR) is 60.5 cm³/mol. The maximum Gasteiger partial charge on any atom is 0.0716 e. The monoisotopic (exact) mass is 192 g/mol. The average molecular weight is 192 g/mol. The number of rotatable bonds is 5. The van der Waals surface area contributed by atoms with E-state index >= 15 is 0 Å². The number of ether oxygens (including phenoxy) is 1. The van der Waals surface area contributed by atoms with E-state index in [2.05, 4.69) is 45.0 Å². The molecule has 0 atom stereocenters. The fourth-order valence-electron chi connectivity index (χ4n) is 1.33. The van der Waals surface area contributed by atoms with Crippen LogP contribution in [-0.2, 0) is 11.3 Å². The van der Waals surface area contributed by atoms with E-state index in [1.165, 1.54) is 11.1 Å². The van der Waals surface area contributed by atoms with Crippen LogP contribution in [0.3, 0.4) is 0 Å². The zero-order chi connectivity index (χ0) is 10.4. The Morgan fingerprint density at radius 3 is 2.29 bits per heavy atom. The van der Waals surface area contributed by atoms with Crippen molar-refractivity contribution in [1.29, 1.82) is 0 Å². The molecule has 0 spiro atoms. The lowest BCUT2D eigenvalue weighted by Crippen LogP contribution is -1.94. The summed E-state index contributed by atoms with van der Waals surface area (Å²) in [6.07, 6.45) is 1.09. The summed E-state index contributed by atoms with van der Waals surface area (Å²) in [6, 6.07) is 8.70. The lowest BCUT2D eigenvalue weighted by Gasteiger charge is -2.07. The molecule has 0 aromatic heterocycles. The molecule has 0 aliphatic heterocycles. The largest absolute Gasteiger partial charge is 0.377 e. The average Bonchev–Trinajstić information content (AvgIpc) is 2.19. The highest BCUT2D eigenvalue weighted by atomic mass is 16.5.